The van der Waals surface area contributed by atoms with Crippen LogP contribution in [0.2, 0.25) is 0 Å². The molecule has 0 aromatic carbocycles. The van der Waals surface area contributed by atoms with E-state index in [0.717, 1.165) is 25.7 Å². The Morgan fingerprint density at radius 2 is 1.60 bits per heavy atom. The van der Waals surface area contributed by atoms with Gasteiger partial charge in [0.1, 0.15) is 0 Å². The smallest absolute Gasteiger partial charge is 0.306 e. The van der Waals surface area contributed by atoms with E-state index in [1.54, 1.807) is 0 Å². The fourth-order valence-electron chi connectivity index (χ4n) is 1.90. The molecular weight excluding hydrogens is 366 g/mol. The SMILES string of the molecule is [CH]CCCCOP(=O)(OCCCCC)OCP1(=O)OCC(C)(C)CO1. The highest BCUT2D eigenvalue weighted by molar-refractivity contribution is 7.55. The first kappa shape index (κ1) is 23.3. The summed E-state index contributed by atoms with van der Waals surface area (Å²) in [6.07, 6.45) is 4.17. The van der Waals surface area contributed by atoms with Crippen LogP contribution in [0.4, 0.5) is 0 Å². The van der Waals surface area contributed by atoms with Crippen LogP contribution in [0.15, 0.2) is 0 Å². The van der Waals surface area contributed by atoms with Crippen LogP contribution in [0.5, 0.6) is 0 Å². The third-order valence-electron chi connectivity index (χ3n) is 3.52. The quantitative estimate of drug-likeness (QED) is 0.302. The molecule has 1 fully saturated rings. The Hall–Kier alpha value is 0.260. The Labute approximate surface area is 152 Å². The maximum Gasteiger partial charge on any atom is 0.475 e. The molecule has 0 aromatic heterocycles. The van der Waals surface area contributed by atoms with Gasteiger partial charge in [0.15, 0.2) is 6.35 Å². The van der Waals surface area contributed by atoms with Gasteiger partial charge in [-0.1, -0.05) is 40.0 Å². The number of phosphoric ester groups is 1. The van der Waals surface area contributed by atoms with Crippen LogP contribution in [0.25, 0.3) is 0 Å². The Kier molecular flexibility index (Phi) is 10.4. The third kappa shape index (κ3) is 9.67. The average Bonchev–Trinajstić information content (AvgIpc) is 2.58. The summed E-state index contributed by atoms with van der Waals surface area (Å²) in [5, 5.41) is 0. The summed E-state index contributed by atoms with van der Waals surface area (Å²) in [5.41, 5.74) is -0.215. The van der Waals surface area contributed by atoms with E-state index in [0.29, 0.717) is 12.8 Å². The van der Waals surface area contributed by atoms with Crippen molar-refractivity contribution in [3.63, 3.8) is 0 Å². The van der Waals surface area contributed by atoms with Crippen molar-refractivity contribution in [3.8, 4) is 0 Å². The molecule has 1 heterocycles. The van der Waals surface area contributed by atoms with Crippen LogP contribution in [0.1, 0.15) is 59.3 Å². The van der Waals surface area contributed by atoms with Gasteiger partial charge in [-0.25, -0.2) is 4.57 Å². The van der Waals surface area contributed by atoms with E-state index >= 15 is 0 Å². The predicted molar refractivity (Wildman–Crippen MR) is 96.4 cm³/mol. The molecule has 1 saturated heterocycles. The maximum absolute atomic E-state index is 12.7. The summed E-state index contributed by atoms with van der Waals surface area (Å²) >= 11 is 0. The molecule has 0 spiro atoms. The minimum atomic E-state index is -3.81. The van der Waals surface area contributed by atoms with Crippen molar-refractivity contribution >= 4 is 15.4 Å². The summed E-state index contributed by atoms with van der Waals surface area (Å²) in [6, 6.07) is 0. The predicted octanol–water partition coefficient (Wildman–Crippen LogP) is 5.44. The van der Waals surface area contributed by atoms with Crippen LogP contribution in [0, 0.1) is 12.3 Å². The monoisotopic (exact) mass is 398 g/mol. The number of unbranched alkanes of at least 4 members (excludes halogenated alkanes) is 4. The molecule has 148 valence electrons. The van der Waals surface area contributed by atoms with Gasteiger partial charge in [-0.05, 0) is 26.2 Å². The van der Waals surface area contributed by atoms with Crippen molar-refractivity contribution in [3.05, 3.63) is 6.92 Å². The van der Waals surface area contributed by atoms with Crippen molar-refractivity contribution in [2.24, 2.45) is 5.41 Å². The largest absolute Gasteiger partial charge is 0.475 e. The number of hydrogen-bond acceptors (Lipinski definition) is 7. The molecule has 1 atom stereocenters. The van der Waals surface area contributed by atoms with Gasteiger partial charge in [0, 0.05) is 5.41 Å². The number of hydrogen-bond donors (Lipinski definition) is 0. The molecule has 0 N–H and O–H groups in total. The van der Waals surface area contributed by atoms with Crippen LogP contribution >= 0.6 is 15.4 Å². The van der Waals surface area contributed by atoms with E-state index in [2.05, 4.69) is 6.92 Å². The van der Waals surface area contributed by atoms with E-state index < -0.39 is 21.8 Å². The standard InChI is InChI=1S/C16H32O7P2/c1-5-7-9-11-19-25(18,20-12-10-8-6-2)23-15-24(17)21-13-16(3,4)14-22-24/h1H,5-15H2,2-4H3. The first-order valence-electron chi connectivity index (χ1n) is 8.86. The van der Waals surface area contributed by atoms with E-state index in [9.17, 15) is 9.13 Å². The molecule has 1 aliphatic rings. The molecule has 9 heteroatoms. The van der Waals surface area contributed by atoms with Gasteiger partial charge in [0.05, 0.1) is 26.4 Å². The Bertz CT molecular complexity index is 437. The Morgan fingerprint density at radius 3 is 2.12 bits per heavy atom. The third-order valence-corrected chi connectivity index (χ3v) is 6.66. The van der Waals surface area contributed by atoms with Gasteiger partial charge in [0.2, 0.25) is 0 Å². The van der Waals surface area contributed by atoms with Crippen LogP contribution < -0.4 is 0 Å². The second-order valence-electron chi connectivity index (χ2n) is 6.90. The minimum absolute atomic E-state index is 0.196. The Morgan fingerprint density at radius 1 is 1.04 bits per heavy atom. The highest BCUT2D eigenvalue weighted by Gasteiger charge is 2.39. The van der Waals surface area contributed by atoms with Crippen molar-refractivity contribution < 1.29 is 31.7 Å². The van der Waals surface area contributed by atoms with Crippen LogP contribution in [-0.4, -0.2) is 32.8 Å². The van der Waals surface area contributed by atoms with E-state index in [4.69, 9.17) is 29.5 Å². The molecule has 1 aliphatic heterocycles. The molecule has 0 saturated carbocycles. The number of rotatable bonds is 13. The second kappa shape index (κ2) is 11.2. The van der Waals surface area contributed by atoms with Crippen LogP contribution in [-0.2, 0) is 31.7 Å². The zero-order valence-corrected chi connectivity index (χ0v) is 17.4. The van der Waals surface area contributed by atoms with Gasteiger partial charge in [0.25, 0.3) is 0 Å². The molecule has 0 aromatic rings. The minimum Gasteiger partial charge on any atom is -0.306 e. The lowest BCUT2D eigenvalue weighted by atomic mass is 9.97. The summed E-state index contributed by atoms with van der Waals surface area (Å²) in [7, 11) is -7.27. The molecule has 0 aliphatic carbocycles. The summed E-state index contributed by atoms with van der Waals surface area (Å²) in [6.45, 7) is 12.4. The molecule has 0 amide bonds. The summed E-state index contributed by atoms with van der Waals surface area (Å²) < 4.78 is 51.8. The molecule has 1 unspecified atom stereocenters. The lowest BCUT2D eigenvalue weighted by molar-refractivity contribution is 0.0312. The summed E-state index contributed by atoms with van der Waals surface area (Å²) in [5.74, 6) is 0. The molecule has 1 rings (SSSR count). The fraction of sp³-hybridized carbons (Fsp3) is 0.938. The Balaban J connectivity index is 2.53. The molecule has 0 bridgehead atoms. The zero-order chi connectivity index (χ0) is 18.8. The molecule has 7 nitrogen and oxygen atoms in total. The topological polar surface area (TPSA) is 80.3 Å². The van der Waals surface area contributed by atoms with Crippen molar-refractivity contribution in [2.45, 2.75) is 59.3 Å². The fourth-order valence-corrected chi connectivity index (χ4v) is 5.28. The van der Waals surface area contributed by atoms with E-state index in [1.165, 1.54) is 0 Å². The van der Waals surface area contributed by atoms with Crippen molar-refractivity contribution in [1.82, 2.24) is 0 Å². The van der Waals surface area contributed by atoms with Gasteiger partial charge in [-0.2, -0.15) is 0 Å². The average molecular weight is 398 g/mol. The first-order valence-corrected chi connectivity index (χ1v) is 12.0. The highest BCUT2D eigenvalue weighted by atomic mass is 31.2. The molecular formula is C16H32O7P2. The molecule has 25 heavy (non-hydrogen) atoms. The van der Waals surface area contributed by atoms with Crippen molar-refractivity contribution in [1.29, 1.82) is 0 Å². The zero-order valence-electron chi connectivity index (χ0n) is 15.6. The first-order chi connectivity index (χ1) is 11.7. The van der Waals surface area contributed by atoms with Gasteiger partial charge < -0.3 is 9.05 Å². The second-order valence-corrected chi connectivity index (χ2v) is 10.6. The lowest BCUT2D eigenvalue weighted by Gasteiger charge is -2.34. The lowest BCUT2D eigenvalue weighted by Crippen LogP contribution is -2.30. The number of phosphoric acid groups is 1. The normalized spacial score (nSPS) is 19.8. The van der Waals surface area contributed by atoms with E-state index in [-0.39, 0.29) is 31.8 Å². The van der Waals surface area contributed by atoms with Gasteiger partial charge >= 0.3 is 15.4 Å². The van der Waals surface area contributed by atoms with Gasteiger partial charge in [-0.15, -0.1) is 0 Å². The van der Waals surface area contributed by atoms with Gasteiger partial charge in [-0.3, -0.25) is 18.1 Å². The van der Waals surface area contributed by atoms with Crippen molar-refractivity contribution in [2.75, 3.05) is 32.8 Å². The highest BCUT2D eigenvalue weighted by Crippen LogP contribution is 2.59. The summed E-state index contributed by atoms with van der Waals surface area (Å²) in [4.78, 5) is 0. The maximum atomic E-state index is 12.7. The van der Waals surface area contributed by atoms with E-state index in [1.807, 2.05) is 13.8 Å². The van der Waals surface area contributed by atoms with Crippen LogP contribution in [0.3, 0.4) is 0 Å². The molecule has 2 radical (unpaired) electrons.